The lowest BCUT2D eigenvalue weighted by Crippen LogP contribution is -2.36. The predicted octanol–water partition coefficient (Wildman–Crippen LogP) is 6.02. The van der Waals surface area contributed by atoms with Crippen LogP contribution in [-0.4, -0.2) is 101 Å². The molecular formula is C29H69N5. The highest BCUT2D eigenvalue weighted by Gasteiger charge is 2.09. The van der Waals surface area contributed by atoms with Gasteiger partial charge in [0.15, 0.2) is 0 Å². The smallest absolute Gasteiger partial charge is 0.0163 e. The molecule has 3 aliphatic heterocycles. The van der Waals surface area contributed by atoms with Gasteiger partial charge in [0.25, 0.3) is 0 Å². The van der Waals surface area contributed by atoms with Crippen molar-refractivity contribution in [3.63, 3.8) is 0 Å². The maximum Gasteiger partial charge on any atom is 0.0163 e. The zero-order chi connectivity index (χ0) is 22.9. The van der Waals surface area contributed by atoms with Gasteiger partial charge in [-0.2, -0.15) is 0 Å². The minimum atomic E-state index is 0. The summed E-state index contributed by atoms with van der Waals surface area (Å²) >= 11 is 0. The van der Waals surface area contributed by atoms with Crippen LogP contribution in [0.25, 0.3) is 0 Å². The van der Waals surface area contributed by atoms with Crippen molar-refractivity contribution in [2.24, 2.45) is 0 Å². The van der Waals surface area contributed by atoms with Crippen molar-refractivity contribution in [2.45, 2.75) is 69.7 Å². The van der Waals surface area contributed by atoms with E-state index in [-0.39, 0.29) is 29.7 Å². The third-order valence-corrected chi connectivity index (χ3v) is 4.90. The molecule has 5 nitrogen and oxygen atoms in total. The van der Waals surface area contributed by atoms with Gasteiger partial charge in [-0.3, -0.25) is 9.80 Å². The van der Waals surface area contributed by atoms with E-state index in [1.165, 1.54) is 58.5 Å². The Bertz CT molecular complexity index is 375. The Hall–Kier alpha value is -0.980. The van der Waals surface area contributed by atoms with Crippen LogP contribution in [0.1, 0.15) is 69.7 Å². The van der Waals surface area contributed by atoms with Gasteiger partial charge in [0, 0.05) is 26.2 Å². The first-order chi connectivity index (χ1) is 14.6. The molecule has 2 saturated heterocycles. The van der Waals surface area contributed by atoms with Crippen molar-refractivity contribution in [1.82, 2.24) is 25.3 Å². The highest BCUT2D eigenvalue weighted by atomic mass is 15.2. The molecule has 0 aromatic heterocycles. The zero-order valence-corrected chi connectivity index (χ0v) is 21.0. The molecule has 0 spiro atoms. The summed E-state index contributed by atoms with van der Waals surface area (Å²) in [5.41, 5.74) is 0. The lowest BCUT2D eigenvalue weighted by atomic mass is 10.2. The predicted molar refractivity (Wildman–Crippen MR) is 165 cm³/mol. The topological polar surface area (TPSA) is 33.8 Å². The van der Waals surface area contributed by atoms with Crippen molar-refractivity contribution < 1.29 is 0 Å². The van der Waals surface area contributed by atoms with Crippen LogP contribution in [0.5, 0.6) is 0 Å². The van der Waals surface area contributed by atoms with E-state index in [1.54, 1.807) is 0 Å². The fourth-order valence-electron chi connectivity index (χ4n) is 2.44. The normalized spacial score (nSPS) is 15.6. The summed E-state index contributed by atoms with van der Waals surface area (Å²) in [6, 6.07) is 0. The van der Waals surface area contributed by atoms with E-state index < -0.39 is 0 Å². The van der Waals surface area contributed by atoms with Crippen molar-refractivity contribution >= 4 is 0 Å². The molecule has 0 aromatic rings. The number of rotatable bonds is 7. The molecule has 0 unspecified atom stereocenters. The molecule has 0 atom stereocenters. The highest BCUT2D eigenvalue weighted by Crippen LogP contribution is 2.03. The molecule has 0 amide bonds. The molecule has 0 saturated carbocycles. The van der Waals surface area contributed by atoms with Gasteiger partial charge in [-0.15, -0.1) is 13.2 Å². The summed E-state index contributed by atoms with van der Waals surface area (Å²) in [7, 11) is 4.07. The first kappa shape index (κ1) is 46.4. The van der Waals surface area contributed by atoms with E-state index in [9.17, 15) is 0 Å². The number of hydrogen-bond donors (Lipinski definition) is 2. The number of likely N-dealkylation sites (tertiary alicyclic amines) is 2. The lowest BCUT2D eigenvalue weighted by molar-refractivity contribution is 0.203. The van der Waals surface area contributed by atoms with Crippen LogP contribution in [0.15, 0.2) is 37.5 Å². The largest absolute Gasteiger partial charge is 0.320 e. The van der Waals surface area contributed by atoms with Crippen LogP contribution >= 0.6 is 0 Å². The Morgan fingerprint density at radius 2 is 1.32 bits per heavy atom. The number of nitrogens with zero attached hydrogens (tertiary/aromatic N) is 3. The molecule has 5 heteroatoms. The van der Waals surface area contributed by atoms with E-state index in [2.05, 4.69) is 78.5 Å². The van der Waals surface area contributed by atoms with Crippen molar-refractivity contribution in [3.05, 3.63) is 37.5 Å². The lowest BCUT2D eigenvalue weighted by Gasteiger charge is -2.28. The molecule has 0 radical (unpaired) electrons. The Labute approximate surface area is 218 Å². The summed E-state index contributed by atoms with van der Waals surface area (Å²) in [6.45, 7) is 26.5. The standard InChI is InChI=1S/C7H13N.C6H11N.C5H11N.C4H9N.C3H9N.4CH4/c1-2-8-6-4-3-5-7-8;1-2-4-7-5-3-6-7;1-3-5-6-4-2;1-5-3-2-4-5;1-3-4-2;;;;/h3-4H,2,5-7H2,1H3;2H,1,3-6H2;3,6H,1,4-5H2,2H3;2-4H2,1H3;4H,3H2,1-2H3;4*1H4. The monoisotopic (exact) mass is 488 g/mol. The maximum atomic E-state index is 3.64. The third kappa shape index (κ3) is 35.6. The Morgan fingerprint density at radius 1 is 0.794 bits per heavy atom. The average Bonchev–Trinajstić information content (AvgIpc) is 2.75. The summed E-state index contributed by atoms with van der Waals surface area (Å²) in [5, 5.41) is 6.01. The second kappa shape index (κ2) is 39.2. The fraction of sp³-hybridized carbons (Fsp3) is 0.793. The molecule has 34 heavy (non-hydrogen) atoms. The minimum absolute atomic E-state index is 0. The van der Waals surface area contributed by atoms with E-state index in [4.69, 9.17) is 0 Å². The molecule has 3 heterocycles. The number of hydrogen-bond acceptors (Lipinski definition) is 5. The molecule has 3 aliphatic rings. The van der Waals surface area contributed by atoms with Gasteiger partial charge in [0.1, 0.15) is 0 Å². The van der Waals surface area contributed by atoms with Gasteiger partial charge in [0.05, 0.1) is 0 Å². The Kier molecular flexibility index (Phi) is 53.5. The van der Waals surface area contributed by atoms with Crippen LogP contribution in [0.3, 0.4) is 0 Å². The molecule has 0 aromatic carbocycles. The van der Waals surface area contributed by atoms with Gasteiger partial charge in [-0.25, -0.2) is 0 Å². The highest BCUT2D eigenvalue weighted by molar-refractivity contribution is 4.90. The van der Waals surface area contributed by atoms with Crippen molar-refractivity contribution in [3.8, 4) is 0 Å². The third-order valence-electron chi connectivity index (χ3n) is 4.90. The van der Waals surface area contributed by atoms with Gasteiger partial charge in [-0.1, -0.05) is 74.8 Å². The van der Waals surface area contributed by atoms with E-state index in [0.717, 1.165) is 32.7 Å². The summed E-state index contributed by atoms with van der Waals surface area (Å²) in [4.78, 5) is 7.10. The summed E-state index contributed by atoms with van der Waals surface area (Å²) in [5.74, 6) is 0. The molecular weight excluding hydrogens is 418 g/mol. The first-order valence-corrected chi connectivity index (χ1v) is 11.9. The molecule has 2 N–H and O–H groups in total. The summed E-state index contributed by atoms with van der Waals surface area (Å²) < 4.78 is 0. The van der Waals surface area contributed by atoms with E-state index >= 15 is 0 Å². The average molecular weight is 488 g/mol. The first-order valence-electron chi connectivity index (χ1n) is 11.9. The van der Waals surface area contributed by atoms with Gasteiger partial charge >= 0.3 is 0 Å². The van der Waals surface area contributed by atoms with E-state index in [0.29, 0.717) is 0 Å². The van der Waals surface area contributed by atoms with Gasteiger partial charge in [-0.05, 0) is 79.2 Å². The Morgan fingerprint density at radius 3 is 1.47 bits per heavy atom. The fourth-order valence-corrected chi connectivity index (χ4v) is 2.44. The quantitative estimate of drug-likeness (QED) is 0.339. The van der Waals surface area contributed by atoms with E-state index in [1.807, 2.05) is 19.2 Å². The van der Waals surface area contributed by atoms with Crippen LogP contribution in [-0.2, 0) is 0 Å². The van der Waals surface area contributed by atoms with Gasteiger partial charge in [0.2, 0.25) is 0 Å². The van der Waals surface area contributed by atoms with Crippen LogP contribution in [0.2, 0.25) is 0 Å². The van der Waals surface area contributed by atoms with Crippen LogP contribution < -0.4 is 10.6 Å². The van der Waals surface area contributed by atoms with Gasteiger partial charge < -0.3 is 15.5 Å². The Balaban J connectivity index is -0.0000000713. The minimum Gasteiger partial charge on any atom is -0.320 e. The second-order valence-corrected chi connectivity index (χ2v) is 7.56. The summed E-state index contributed by atoms with van der Waals surface area (Å²) in [6.07, 6.45) is 12.3. The molecule has 210 valence electrons. The second-order valence-electron chi connectivity index (χ2n) is 7.56. The maximum absolute atomic E-state index is 3.64. The SMILES string of the molecule is C.C.C.C.C=CCN1CCC1.C=CCNCC.CCN1CC=CCC1.CCNC.CN1CCC1. The van der Waals surface area contributed by atoms with Crippen molar-refractivity contribution in [1.29, 1.82) is 0 Å². The van der Waals surface area contributed by atoms with Crippen LogP contribution in [0, 0.1) is 0 Å². The molecule has 2 fully saturated rings. The van der Waals surface area contributed by atoms with Crippen LogP contribution in [0.4, 0.5) is 0 Å². The zero-order valence-electron chi connectivity index (χ0n) is 21.0. The number of likely N-dealkylation sites (N-methyl/N-ethyl adjacent to an activating group) is 2. The molecule has 3 rings (SSSR count). The van der Waals surface area contributed by atoms with Crippen molar-refractivity contribution in [2.75, 3.05) is 86.1 Å². The number of nitrogens with one attached hydrogen (secondary N) is 2. The molecule has 0 aliphatic carbocycles. The molecule has 0 bridgehead atoms.